The van der Waals surface area contributed by atoms with Crippen molar-refractivity contribution in [2.24, 2.45) is 4.99 Å². The molecule has 1 fully saturated rings. The highest BCUT2D eigenvalue weighted by Crippen LogP contribution is 2.19. The predicted octanol–water partition coefficient (Wildman–Crippen LogP) is 4.48. The third kappa shape index (κ3) is 3.70. The van der Waals surface area contributed by atoms with E-state index < -0.39 is 0 Å². The number of hydrogen-bond acceptors (Lipinski definition) is 2. The highest BCUT2D eigenvalue weighted by atomic mass is 14.9. The van der Waals surface area contributed by atoms with Crippen molar-refractivity contribution in [3.05, 3.63) is 47.6 Å². The van der Waals surface area contributed by atoms with Crippen LogP contribution in [0.25, 0.3) is 0 Å². The van der Waals surface area contributed by atoms with Crippen molar-refractivity contribution in [3.63, 3.8) is 0 Å². The van der Waals surface area contributed by atoms with Crippen LogP contribution in [-0.4, -0.2) is 16.7 Å². The van der Waals surface area contributed by atoms with Crippen LogP contribution in [0.1, 0.15) is 63.1 Å². The molecular formula is C19H27N3. The molecular weight excluding hydrogens is 270 g/mol. The molecule has 0 aromatic carbocycles. The molecule has 2 aliphatic rings. The number of aryl methyl sites for hydroxylation is 1. The average molecular weight is 297 g/mol. The monoisotopic (exact) mass is 297 g/mol. The van der Waals surface area contributed by atoms with Gasteiger partial charge in [-0.05, 0) is 37.0 Å². The zero-order chi connectivity index (χ0) is 15.2. The van der Waals surface area contributed by atoms with Crippen molar-refractivity contribution in [1.29, 1.82) is 0 Å². The van der Waals surface area contributed by atoms with Crippen LogP contribution in [0.5, 0.6) is 0 Å². The second kappa shape index (κ2) is 7.48. The Morgan fingerprint density at radius 3 is 2.73 bits per heavy atom. The zero-order valence-corrected chi connectivity index (χ0v) is 13.6. The summed E-state index contributed by atoms with van der Waals surface area (Å²) in [5, 5.41) is 3.64. The number of rotatable bonds is 4. The number of aromatic nitrogens is 1. The first-order valence-electron chi connectivity index (χ1n) is 8.75. The van der Waals surface area contributed by atoms with Gasteiger partial charge in [-0.25, -0.2) is 0 Å². The van der Waals surface area contributed by atoms with Crippen molar-refractivity contribution >= 4 is 5.71 Å². The number of nitrogens with zero attached hydrogens (tertiary/aromatic N) is 1. The van der Waals surface area contributed by atoms with Gasteiger partial charge in [0.25, 0.3) is 0 Å². The molecule has 0 amide bonds. The zero-order valence-electron chi connectivity index (χ0n) is 13.6. The lowest BCUT2D eigenvalue weighted by atomic mass is 9.97. The molecule has 0 unspecified atom stereocenters. The van der Waals surface area contributed by atoms with E-state index in [0.717, 1.165) is 17.8 Å². The molecule has 1 aromatic rings. The van der Waals surface area contributed by atoms with Gasteiger partial charge >= 0.3 is 0 Å². The minimum atomic E-state index is 0.623. The second-order valence-corrected chi connectivity index (χ2v) is 6.38. The van der Waals surface area contributed by atoms with Crippen LogP contribution < -0.4 is 5.32 Å². The topological polar surface area (TPSA) is 40.2 Å². The quantitative estimate of drug-likeness (QED) is 0.845. The number of allylic oxidation sites excluding steroid dienone is 2. The lowest BCUT2D eigenvalue weighted by Gasteiger charge is -2.20. The number of H-pyrrole nitrogens is 1. The Labute approximate surface area is 133 Å². The van der Waals surface area contributed by atoms with Crippen molar-refractivity contribution in [3.8, 4) is 0 Å². The first-order chi connectivity index (χ1) is 10.9. The Morgan fingerprint density at radius 1 is 1.23 bits per heavy atom. The van der Waals surface area contributed by atoms with E-state index in [1.165, 1.54) is 56.1 Å². The normalized spacial score (nSPS) is 21.7. The summed E-state index contributed by atoms with van der Waals surface area (Å²) in [7, 11) is 0. The summed E-state index contributed by atoms with van der Waals surface area (Å²) < 4.78 is 0. The highest BCUT2D eigenvalue weighted by Gasteiger charge is 2.15. The number of nitrogens with one attached hydrogen (secondary N) is 2. The molecule has 1 aliphatic carbocycles. The molecule has 0 spiro atoms. The fraction of sp³-hybridized carbons (Fsp3) is 0.526. The van der Waals surface area contributed by atoms with E-state index in [1.54, 1.807) is 0 Å². The lowest BCUT2D eigenvalue weighted by molar-refractivity contribution is 0.420. The summed E-state index contributed by atoms with van der Waals surface area (Å²) in [6.07, 6.45) is 18.8. The summed E-state index contributed by atoms with van der Waals surface area (Å²) >= 11 is 0. The van der Waals surface area contributed by atoms with Crippen LogP contribution in [0, 0.1) is 0 Å². The van der Waals surface area contributed by atoms with Gasteiger partial charge < -0.3 is 10.3 Å². The van der Waals surface area contributed by atoms with Crippen molar-refractivity contribution in [2.75, 3.05) is 0 Å². The van der Waals surface area contributed by atoms with Gasteiger partial charge in [-0.2, -0.15) is 0 Å². The molecule has 0 radical (unpaired) electrons. The van der Waals surface area contributed by atoms with Gasteiger partial charge in [0.05, 0.1) is 11.4 Å². The third-order valence-corrected chi connectivity index (χ3v) is 4.72. The standard InChI is InChI=1S/C19H27N3/c1-2-15-12-18(22-13-15)19-16(10-11-20-19)14-21-17-8-6-4-3-5-7-9-17/h10-14,17,21-22H,2-9H2,1H3. The molecule has 1 aromatic heterocycles. The summed E-state index contributed by atoms with van der Waals surface area (Å²) in [6.45, 7) is 2.18. The van der Waals surface area contributed by atoms with Crippen LogP contribution in [0.2, 0.25) is 0 Å². The summed E-state index contributed by atoms with van der Waals surface area (Å²) in [4.78, 5) is 7.87. The molecule has 1 aliphatic heterocycles. The van der Waals surface area contributed by atoms with Crippen LogP contribution in [0.3, 0.4) is 0 Å². The second-order valence-electron chi connectivity index (χ2n) is 6.38. The Hall–Kier alpha value is -1.77. The van der Waals surface area contributed by atoms with Crippen LogP contribution in [0.15, 0.2) is 41.3 Å². The molecule has 0 bridgehead atoms. The van der Waals surface area contributed by atoms with E-state index in [9.17, 15) is 0 Å². The Kier molecular flexibility index (Phi) is 5.15. The molecule has 3 rings (SSSR count). The van der Waals surface area contributed by atoms with E-state index in [1.807, 2.05) is 6.20 Å². The first-order valence-corrected chi connectivity index (χ1v) is 8.75. The molecule has 3 nitrogen and oxygen atoms in total. The predicted molar refractivity (Wildman–Crippen MR) is 93.2 cm³/mol. The molecule has 1 saturated carbocycles. The fourth-order valence-corrected chi connectivity index (χ4v) is 3.30. The number of aromatic amines is 1. The molecule has 22 heavy (non-hydrogen) atoms. The van der Waals surface area contributed by atoms with Gasteiger partial charge in [-0.3, -0.25) is 4.99 Å². The van der Waals surface area contributed by atoms with Gasteiger partial charge in [0, 0.05) is 30.2 Å². The van der Waals surface area contributed by atoms with Gasteiger partial charge in [0.1, 0.15) is 0 Å². The molecule has 118 valence electrons. The largest absolute Gasteiger partial charge is 0.388 e. The third-order valence-electron chi connectivity index (χ3n) is 4.72. The van der Waals surface area contributed by atoms with Crippen molar-refractivity contribution in [2.45, 2.75) is 64.3 Å². The molecule has 0 atom stereocenters. The van der Waals surface area contributed by atoms with Crippen LogP contribution in [-0.2, 0) is 6.42 Å². The van der Waals surface area contributed by atoms with E-state index in [4.69, 9.17) is 0 Å². The summed E-state index contributed by atoms with van der Waals surface area (Å²) in [5.74, 6) is 0. The summed E-state index contributed by atoms with van der Waals surface area (Å²) in [6, 6.07) is 2.83. The van der Waals surface area contributed by atoms with Crippen LogP contribution in [0.4, 0.5) is 0 Å². The Bertz CT molecular complexity index is 569. The van der Waals surface area contributed by atoms with E-state index in [-0.39, 0.29) is 0 Å². The maximum absolute atomic E-state index is 4.53. The molecule has 2 N–H and O–H groups in total. The van der Waals surface area contributed by atoms with E-state index in [2.05, 4.69) is 46.8 Å². The minimum Gasteiger partial charge on any atom is -0.388 e. The van der Waals surface area contributed by atoms with Gasteiger partial charge in [-0.1, -0.05) is 39.0 Å². The maximum atomic E-state index is 4.53. The fourth-order valence-electron chi connectivity index (χ4n) is 3.30. The number of aliphatic imine (C=N–C) groups is 1. The van der Waals surface area contributed by atoms with Crippen LogP contribution >= 0.6 is 0 Å². The molecule has 3 heteroatoms. The molecule has 2 heterocycles. The smallest absolute Gasteiger partial charge is 0.0951 e. The van der Waals surface area contributed by atoms with Gasteiger partial charge in [0.2, 0.25) is 0 Å². The highest BCUT2D eigenvalue weighted by molar-refractivity contribution is 6.15. The van der Waals surface area contributed by atoms with Gasteiger partial charge in [0.15, 0.2) is 0 Å². The van der Waals surface area contributed by atoms with E-state index in [0.29, 0.717) is 6.04 Å². The minimum absolute atomic E-state index is 0.623. The van der Waals surface area contributed by atoms with E-state index >= 15 is 0 Å². The average Bonchev–Trinajstić information content (AvgIpc) is 3.14. The molecule has 0 saturated heterocycles. The van der Waals surface area contributed by atoms with Crippen molar-refractivity contribution in [1.82, 2.24) is 10.3 Å². The number of hydrogen-bond donors (Lipinski definition) is 2. The first kappa shape index (κ1) is 15.1. The summed E-state index contributed by atoms with van der Waals surface area (Å²) in [5.41, 5.74) is 4.69. The lowest BCUT2D eigenvalue weighted by Crippen LogP contribution is -2.26. The SMILES string of the molecule is CCc1c[nH]c(C2=NC=CC2=CNC2CCCCCCC2)c1. The van der Waals surface area contributed by atoms with Crippen molar-refractivity contribution < 1.29 is 0 Å². The Balaban J connectivity index is 1.65. The maximum Gasteiger partial charge on any atom is 0.0951 e. The Morgan fingerprint density at radius 2 is 2.00 bits per heavy atom. The van der Waals surface area contributed by atoms with Gasteiger partial charge in [-0.15, -0.1) is 0 Å².